The van der Waals surface area contributed by atoms with E-state index in [-0.39, 0.29) is 17.9 Å². The number of hydrogen-bond acceptors (Lipinski definition) is 4. The zero-order valence-corrected chi connectivity index (χ0v) is 9.93. The first-order valence-corrected chi connectivity index (χ1v) is 6.18. The Bertz CT molecular complexity index is 458. The van der Waals surface area contributed by atoms with Crippen LogP contribution in [0.1, 0.15) is 29.8 Å². The van der Waals surface area contributed by atoms with Crippen LogP contribution in [0.2, 0.25) is 0 Å². The van der Waals surface area contributed by atoms with Gasteiger partial charge in [0.05, 0.1) is 6.20 Å². The van der Waals surface area contributed by atoms with Gasteiger partial charge in [-0.1, -0.05) is 0 Å². The fraction of sp³-hybridized carbons (Fsp3) is 0.636. The second-order valence-electron chi connectivity index (χ2n) is 4.87. The number of aromatic nitrogens is 3. The second kappa shape index (κ2) is 4.40. The van der Waals surface area contributed by atoms with Gasteiger partial charge in [-0.15, -0.1) is 0 Å². The van der Waals surface area contributed by atoms with Crippen LogP contribution in [0.3, 0.4) is 0 Å². The maximum absolute atomic E-state index is 12.1. The standard InChI is InChI=1S/C11H15N5O2/c17-10-2-1-7-6-16(4-3-8(7)13-10)11(18)9-5-12-15-14-9/h5,7-8H,1-4,6H2,(H,13,17)(H,12,14,15). The van der Waals surface area contributed by atoms with Crippen LogP contribution >= 0.6 is 0 Å². The number of piperidine rings is 2. The van der Waals surface area contributed by atoms with E-state index >= 15 is 0 Å². The molecule has 0 bridgehead atoms. The van der Waals surface area contributed by atoms with E-state index in [0.29, 0.717) is 31.1 Å². The molecular weight excluding hydrogens is 234 g/mol. The molecule has 2 amide bonds. The van der Waals surface area contributed by atoms with Crippen molar-refractivity contribution in [1.29, 1.82) is 0 Å². The van der Waals surface area contributed by atoms with Crippen LogP contribution < -0.4 is 5.32 Å². The van der Waals surface area contributed by atoms with Gasteiger partial charge in [0.1, 0.15) is 0 Å². The van der Waals surface area contributed by atoms with Crippen LogP contribution in [0.25, 0.3) is 0 Å². The number of H-pyrrole nitrogens is 1. The quantitative estimate of drug-likeness (QED) is 0.705. The Kier molecular flexibility index (Phi) is 2.73. The first-order valence-electron chi connectivity index (χ1n) is 6.18. The molecule has 2 saturated heterocycles. The van der Waals surface area contributed by atoms with Crippen molar-refractivity contribution >= 4 is 11.8 Å². The first kappa shape index (κ1) is 11.2. The van der Waals surface area contributed by atoms with Gasteiger partial charge in [-0.3, -0.25) is 9.59 Å². The van der Waals surface area contributed by atoms with Crippen LogP contribution in [0.15, 0.2) is 6.20 Å². The predicted molar refractivity (Wildman–Crippen MR) is 61.6 cm³/mol. The Morgan fingerprint density at radius 3 is 3.11 bits per heavy atom. The number of carbonyl (C=O) groups excluding carboxylic acids is 2. The fourth-order valence-electron chi connectivity index (χ4n) is 2.76. The molecule has 0 aromatic carbocycles. The summed E-state index contributed by atoms with van der Waals surface area (Å²) >= 11 is 0. The lowest BCUT2D eigenvalue weighted by Crippen LogP contribution is -2.55. The Labute approximate surface area is 104 Å². The van der Waals surface area contributed by atoms with Crippen LogP contribution in [0, 0.1) is 5.92 Å². The van der Waals surface area contributed by atoms with E-state index in [1.807, 2.05) is 0 Å². The number of fused-ring (bicyclic) bond motifs is 1. The van der Waals surface area contributed by atoms with Gasteiger partial charge < -0.3 is 10.2 Å². The fourth-order valence-corrected chi connectivity index (χ4v) is 2.76. The molecule has 96 valence electrons. The molecule has 0 aliphatic carbocycles. The Balaban J connectivity index is 1.67. The average Bonchev–Trinajstić information content (AvgIpc) is 2.91. The molecule has 7 nitrogen and oxygen atoms in total. The van der Waals surface area contributed by atoms with Crippen LogP contribution in [-0.4, -0.2) is 51.3 Å². The SMILES string of the molecule is O=C1CCC2CN(C(=O)c3cn[nH]n3)CCC2N1. The molecule has 2 atom stereocenters. The van der Waals surface area contributed by atoms with Gasteiger partial charge in [-0.25, -0.2) is 0 Å². The largest absolute Gasteiger partial charge is 0.353 e. The highest BCUT2D eigenvalue weighted by Gasteiger charge is 2.35. The number of nitrogens with one attached hydrogen (secondary N) is 2. The highest BCUT2D eigenvalue weighted by atomic mass is 16.2. The van der Waals surface area contributed by atoms with E-state index in [1.54, 1.807) is 4.90 Å². The molecule has 0 radical (unpaired) electrons. The van der Waals surface area contributed by atoms with E-state index in [4.69, 9.17) is 0 Å². The molecule has 2 N–H and O–H groups in total. The summed E-state index contributed by atoms with van der Waals surface area (Å²) < 4.78 is 0. The Hall–Kier alpha value is -1.92. The predicted octanol–water partition coefficient (Wildman–Crippen LogP) is -0.455. The summed E-state index contributed by atoms with van der Waals surface area (Å²) in [7, 11) is 0. The normalized spacial score (nSPS) is 27.6. The highest BCUT2D eigenvalue weighted by molar-refractivity contribution is 5.92. The molecule has 2 fully saturated rings. The number of amides is 2. The van der Waals surface area contributed by atoms with E-state index in [2.05, 4.69) is 20.7 Å². The Morgan fingerprint density at radius 1 is 1.44 bits per heavy atom. The summed E-state index contributed by atoms with van der Waals surface area (Å²) in [6.07, 6.45) is 3.68. The molecule has 2 aliphatic rings. The average molecular weight is 249 g/mol. The van der Waals surface area contributed by atoms with Crippen molar-refractivity contribution < 1.29 is 9.59 Å². The number of rotatable bonds is 1. The zero-order valence-electron chi connectivity index (χ0n) is 9.93. The molecule has 0 spiro atoms. The van der Waals surface area contributed by atoms with Gasteiger partial charge in [-0.2, -0.15) is 15.4 Å². The van der Waals surface area contributed by atoms with E-state index in [0.717, 1.165) is 12.8 Å². The van der Waals surface area contributed by atoms with Crippen molar-refractivity contribution in [3.05, 3.63) is 11.9 Å². The lowest BCUT2D eigenvalue weighted by atomic mass is 9.85. The minimum atomic E-state index is -0.0842. The molecule has 0 saturated carbocycles. The van der Waals surface area contributed by atoms with Gasteiger partial charge in [0.25, 0.3) is 5.91 Å². The van der Waals surface area contributed by atoms with Crippen LogP contribution in [0.4, 0.5) is 0 Å². The van der Waals surface area contributed by atoms with Crippen molar-refractivity contribution in [1.82, 2.24) is 25.6 Å². The first-order chi connectivity index (χ1) is 8.74. The second-order valence-corrected chi connectivity index (χ2v) is 4.87. The molecule has 7 heteroatoms. The zero-order chi connectivity index (χ0) is 12.5. The maximum atomic E-state index is 12.1. The minimum Gasteiger partial charge on any atom is -0.353 e. The van der Waals surface area contributed by atoms with Gasteiger partial charge >= 0.3 is 0 Å². The summed E-state index contributed by atoms with van der Waals surface area (Å²) in [6.45, 7) is 1.35. The molecule has 3 rings (SSSR count). The molecule has 2 unspecified atom stereocenters. The molecule has 2 aliphatic heterocycles. The van der Waals surface area contributed by atoms with Crippen molar-refractivity contribution in [3.63, 3.8) is 0 Å². The number of likely N-dealkylation sites (tertiary alicyclic amines) is 1. The van der Waals surface area contributed by atoms with Crippen molar-refractivity contribution in [3.8, 4) is 0 Å². The minimum absolute atomic E-state index is 0.0842. The number of carbonyl (C=O) groups is 2. The topological polar surface area (TPSA) is 91.0 Å². The number of nitrogens with zero attached hydrogens (tertiary/aromatic N) is 3. The summed E-state index contributed by atoms with van der Waals surface area (Å²) in [4.78, 5) is 25.2. The third kappa shape index (κ3) is 1.96. The molecule has 3 heterocycles. The lowest BCUT2D eigenvalue weighted by molar-refractivity contribution is -0.125. The molecule has 1 aromatic heterocycles. The van der Waals surface area contributed by atoms with Crippen LogP contribution in [0.5, 0.6) is 0 Å². The smallest absolute Gasteiger partial charge is 0.276 e. The van der Waals surface area contributed by atoms with Crippen LogP contribution in [-0.2, 0) is 4.79 Å². The van der Waals surface area contributed by atoms with Crippen molar-refractivity contribution in [2.24, 2.45) is 5.92 Å². The third-order valence-electron chi connectivity index (χ3n) is 3.74. The third-order valence-corrected chi connectivity index (χ3v) is 3.74. The van der Waals surface area contributed by atoms with Gasteiger partial charge in [0, 0.05) is 25.6 Å². The van der Waals surface area contributed by atoms with Gasteiger partial charge in [0.15, 0.2) is 5.69 Å². The lowest BCUT2D eigenvalue weighted by Gasteiger charge is -2.41. The number of hydrogen-bond donors (Lipinski definition) is 2. The highest BCUT2D eigenvalue weighted by Crippen LogP contribution is 2.25. The van der Waals surface area contributed by atoms with Gasteiger partial charge in [-0.05, 0) is 18.8 Å². The summed E-state index contributed by atoms with van der Waals surface area (Å²) in [5.74, 6) is 0.416. The molecular formula is C11H15N5O2. The van der Waals surface area contributed by atoms with Gasteiger partial charge in [0.2, 0.25) is 5.91 Å². The van der Waals surface area contributed by atoms with Crippen molar-refractivity contribution in [2.75, 3.05) is 13.1 Å². The maximum Gasteiger partial charge on any atom is 0.276 e. The number of aromatic amines is 1. The summed E-state index contributed by atoms with van der Waals surface area (Å²) in [5.41, 5.74) is 0.355. The molecule has 18 heavy (non-hydrogen) atoms. The Morgan fingerprint density at radius 2 is 2.33 bits per heavy atom. The molecule has 1 aromatic rings. The summed E-state index contributed by atoms with van der Waals surface area (Å²) in [6, 6.07) is 0.229. The monoisotopic (exact) mass is 249 g/mol. The van der Waals surface area contributed by atoms with E-state index in [9.17, 15) is 9.59 Å². The van der Waals surface area contributed by atoms with E-state index in [1.165, 1.54) is 6.20 Å². The van der Waals surface area contributed by atoms with Crippen molar-refractivity contribution in [2.45, 2.75) is 25.3 Å². The summed E-state index contributed by atoms with van der Waals surface area (Å²) in [5, 5.41) is 12.9. The van der Waals surface area contributed by atoms with E-state index < -0.39 is 0 Å².